The first-order chi connectivity index (χ1) is 18.3. The lowest BCUT2D eigenvalue weighted by molar-refractivity contribution is -0.922. The van der Waals surface area contributed by atoms with Gasteiger partial charge in [-0.25, -0.2) is 9.59 Å². The van der Waals surface area contributed by atoms with Crippen LogP contribution in [0, 0.1) is 12.3 Å². The van der Waals surface area contributed by atoms with Crippen molar-refractivity contribution in [3.8, 4) is 12.3 Å². The first-order valence-electron chi connectivity index (χ1n) is 11.4. The van der Waals surface area contributed by atoms with Crippen LogP contribution in [0.1, 0.15) is 20.8 Å². The highest BCUT2D eigenvalue weighted by molar-refractivity contribution is 5.89. The van der Waals surface area contributed by atoms with Gasteiger partial charge in [0.25, 0.3) is 6.23 Å². The van der Waals surface area contributed by atoms with Crippen LogP contribution in [-0.4, -0.2) is 112 Å². The van der Waals surface area contributed by atoms with Gasteiger partial charge < -0.3 is 33.2 Å². The summed E-state index contributed by atoms with van der Waals surface area (Å²) in [5, 5.41) is 0. The molecule has 6 atom stereocenters. The lowest BCUT2D eigenvalue weighted by Gasteiger charge is -2.43. The van der Waals surface area contributed by atoms with E-state index in [1.165, 1.54) is 14.1 Å². The Kier molecular flexibility index (Phi) is 12.1. The van der Waals surface area contributed by atoms with Crippen LogP contribution >= 0.6 is 0 Å². The first kappa shape index (κ1) is 34.3. The number of carbonyl (C=O) groups is 5. The van der Waals surface area contributed by atoms with E-state index in [-0.39, 0.29) is 6.54 Å². The van der Waals surface area contributed by atoms with Gasteiger partial charge in [-0.2, -0.15) is 13.2 Å². The third kappa shape index (κ3) is 9.50. The fourth-order valence-electron chi connectivity index (χ4n) is 3.65. The minimum atomic E-state index is -5.38. The van der Waals surface area contributed by atoms with E-state index < -0.39 is 89.6 Å². The second kappa shape index (κ2) is 14.1. The van der Waals surface area contributed by atoms with Crippen LogP contribution in [0.2, 0.25) is 0 Å². The van der Waals surface area contributed by atoms with E-state index in [9.17, 15) is 37.1 Å². The zero-order chi connectivity index (χ0) is 31.0. The third-order valence-corrected chi connectivity index (χ3v) is 5.25. The molecule has 0 saturated carbocycles. The number of carbonyl (C=O) groups excluding carboxylic acids is 5. The maximum Gasteiger partial charge on any atom is 0.491 e. The van der Waals surface area contributed by atoms with E-state index in [0.717, 1.165) is 27.9 Å². The van der Waals surface area contributed by atoms with E-state index in [1.807, 2.05) is 0 Å². The van der Waals surface area contributed by atoms with Crippen LogP contribution in [0.25, 0.3) is 0 Å². The molecule has 224 valence electrons. The van der Waals surface area contributed by atoms with Crippen LogP contribution in [-0.2, 0) is 57.1 Å². The molecule has 0 bridgehead atoms. The van der Waals surface area contributed by atoms with Gasteiger partial charge in [-0.1, -0.05) is 6.58 Å². The fourth-order valence-corrected chi connectivity index (χ4v) is 3.65. The highest BCUT2D eigenvalue weighted by Gasteiger charge is 2.53. The Bertz CT molecular complexity index is 1040. The largest absolute Gasteiger partial charge is 0.491 e. The Morgan fingerprint density at radius 2 is 1.48 bits per heavy atom. The molecule has 0 N–H and O–H groups in total. The molecule has 1 saturated heterocycles. The van der Waals surface area contributed by atoms with Gasteiger partial charge in [-0.05, 0) is 5.92 Å². The second-order valence-corrected chi connectivity index (χ2v) is 9.02. The Labute approximate surface area is 228 Å². The molecule has 2 unspecified atom stereocenters. The zero-order valence-corrected chi connectivity index (χ0v) is 22.6. The van der Waals surface area contributed by atoms with E-state index in [4.69, 9.17) is 34.8 Å². The Hall–Kier alpha value is -3.68. The van der Waals surface area contributed by atoms with Crippen LogP contribution in [0.4, 0.5) is 13.2 Å². The molecule has 40 heavy (non-hydrogen) atoms. The molecule has 1 heterocycles. The standard InChI is InChI=1S/C24H31F3NO12/c1-9-10-28(6,7)20(40-23(33)24(25,26)27)12(2)21(32)35-11-16-17(36-13(3)29)18(37-14(4)30)19(38-15(5)31)22(34-8)39-16/h1,16-20,22H,2,10-11H2,3-8H3/q+1/t16-,17-,18+,19-,20?,22?/m1/s1. The predicted octanol–water partition coefficient (Wildman–Crippen LogP) is 0.393. The van der Waals surface area contributed by atoms with Crippen molar-refractivity contribution in [2.24, 2.45) is 0 Å². The number of hydrogen-bond donors (Lipinski definition) is 0. The molecular formula is C24H31F3NO12+. The van der Waals surface area contributed by atoms with E-state index in [0.29, 0.717) is 0 Å². The van der Waals surface area contributed by atoms with Crippen molar-refractivity contribution in [1.82, 2.24) is 0 Å². The molecule has 0 aromatic carbocycles. The first-order valence-corrected chi connectivity index (χ1v) is 11.4. The highest BCUT2D eigenvalue weighted by atomic mass is 19.4. The molecule has 0 aliphatic carbocycles. The Morgan fingerprint density at radius 3 is 1.93 bits per heavy atom. The maximum absolute atomic E-state index is 12.9. The summed E-state index contributed by atoms with van der Waals surface area (Å²) in [7, 11) is 3.74. The molecule has 1 fully saturated rings. The number of rotatable bonds is 11. The molecule has 0 spiro atoms. The van der Waals surface area contributed by atoms with Gasteiger partial charge in [0.1, 0.15) is 24.8 Å². The molecule has 1 rings (SSSR count). The van der Waals surface area contributed by atoms with Crippen molar-refractivity contribution in [2.75, 3.05) is 34.4 Å². The smallest absolute Gasteiger partial charge is 0.459 e. The SMILES string of the molecule is C#CC[N+](C)(C)C(OC(=O)C(F)(F)F)C(=C)C(=O)OC[C@H]1OC(OC)[C@H](OC(C)=O)[C@@H](OC(C)=O)[C@@H]1OC(C)=O. The summed E-state index contributed by atoms with van der Waals surface area (Å²) in [6.07, 6.45) is -9.26. The van der Waals surface area contributed by atoms with Gasteiger partial charge in [-0.3, -0.25) is 18.9 Å². The lowest BCUT2D eigenvalue weighted by atomic mass is 9.98. The van der Waals surface area contributed by atoms with E-state index in [1.54, 1.807) is 0 Å². The summed E-state index contributed by atoms with van der Waals surface area (Å²) in [5.74, 6) is -4.27. The van der Waals surface area contributed by atoms with E-state index >= 15 is 0 Å². The monoisotopic (exact) mass is 582 g/mol. The molecule has 0 radical (unpaired) electrons. The Balaban J connectivity index is 3.29. The van der Waals surface area contributed by atoms with Crippen molar-refractivity contribution >= 4 is 29.8 Å². The minimum Gasteiger partial charge on any atom is -0.459 e. The zero-order valence-electron chi connectivity index (χ0n) is 22.6. The highest BCUT2D eigenvalue weighted by Crippen LogP contribution is 2.30. The van der Waals surface area contributed by atoms with Gasteiger partial charge in [0.05, 0.1) is 14.1 Å². The minimum absolute atomic E-state index is 0.278. The second-order valence-electron chi connectivity index (χ2n) is 9.02. The average Bonchev–Trinajstić information content (AvgIpc) is 2.81. The molecule has 0 aromatic rings. The molecular weight excluding hydrogens is 551 g/mol. The van der Waals surface area contributed by atoms with Crippen molar-refractivity contribution < 1.29 is 74.8 Å². The summed E-state index contributed by atoms with van der Waals surface area (Å²) in [6.45, 7) is 5.49. The van der Waals surface area contributed by atoms with Crippen LogP contribution in [0.3, 0.4) is 0 Å². The molecule has 16 heteroatoms. The predicted molar refractivity (Wildman–Crippen MR) is 124 cm³/mol. The number of likely N-dealkylation sites (N-methyl/N-ethyl adjacent to an activating group) is 1. The third-order valence-electron chi connectivity index (χ3n) is 5.25. The summed E-state index contributed by atoms with van der Waals surface area (Å²) < 4.78 is 74.1. The average molecular weight is 583 g/mol. The number of ether oxygens (including phenoxy) is 7. The number of terminal acetylenes is 1. The fraction of sp³-hybridized carbons (Fsp3) is 0.625. The van der Waals surface area contributed by atoms with Crippen LogP contribution < -0.4 is 0 Å². The summed E-state index contributed by atoms with van der Waals surface area (Å²) in [5.41, 5.74) is -0.713. The molecule has 1 aliphatic rings. The van der Waals surface area contributed by atoms with Crippen molar-refractivity contribution in [2.45, 2.75) is 63.9 Å². The van der Waals surface area contributed by atoms with Gasteiger partial charge in [0.15, 0.2) is 24.6 Å². The number of alkyl halides is 3. The summed E-state index contributed by atoms with van der Waals surface area (Å²) in [4.78, 5) is 59.7. The van der Waals surface area contributed by atoms with Gasteiger partial charge >= 0.3 is 36.0 Å². The van der Waals surface area contributed by atoms with Crippen molar-refractivity contribution in [3.63, 3.8) is 0 Å². The molecule has 0 aromatic heterocycles. The van der Waals surface area contributed by atoms with Crippen LogP contribution in [0.5, 0.6) is 0 Å². The lowest BCUT2D eigenvalue weighted by Crippen LogP contribution is -2.62. The van der Waals surface area contributed by atoms with Gasteiger partial charge in [0, 0.05) is 27.9 Å². The number of quaternary nitrogens is 1. The van der Waals surface area contributed by atoms with Gasteiger partial charge in [0.2, 0.25) is 0 Å². The molecule has 1 aliphatic heterocycles. The van der Waals surface area contributed by atoms with E-state index in [2.05, 4.69) is 17.2 Å². The summed E-state index contributed by atoms with van der Waals surface area (Å²) >= 11 is 0. The number of halogens is 3. The normalized spacial score (nSPS) is 23.6. The number of esters is 5. The Morgan fingerprint density at radius 1 is 0.975 bits per heavy atom. The molecule has 0 amide bonds. The number of methoxy groups -OCH3 is 1. The van der Waals surface area contributed by atoms with Crippen molar-refractivity contribution in [3.05, 3.63) is 12.2 Å². The number of hydrogen-bond acceptors (Lipinski definition) is 12. The van der Waals surface area contributed by atoms with Crippen LogP contribution in [0.15, 0.2) is 12.2 Å². The van der Waals surface area contributed by atoms with Crippen molar-refractivity contribution in [1.29, 1.82) is 0 Å². The number of nitrogens with zero attached hydrogens (tertiary/aromatic N) is 1. The molecule has 13 nitrogen and oxygen atoms in total. The van der Waals surface area contributed by atoms with Gasteiger partial charge in [-0.15, -0.1) is 6.42 Å². The maximum atomic E-state index is 12.9. The quantitative estimate of drug-likeness (QED) is 0.0828. The topological polar surface area (TPSA) is 150 Å². The summed E-state index contributed by atoms with van der Waals surface area (Å²) in [6, 6.07) is 0.